The Morgan fingerprint density at radius 1 is 1.35 bits per heavy atom. The van der Waals surface area contributed by atoms with Crippen LogP contribution in [0.4, 0.5) is 4.79 Å². The molecule has 7 heteroatoms. The van der Waals surface area contributed by atoms with Crippen molar-refractivity contribution in [1.29, 1.82) is 0 Å². The molecule has 4 nitrogen and oxygen atoms in total. The van der Waals surface area contributed by atoms with Gasteiger partial charge in [0.2, 0.25) is 0 Å². The van der Waals surface area contributed by atoms with Crippen LogP contribution in [0.3, 0.4) is 0 Å². The molecule has 0 saturated carbocycles. The average molecular weight is 327 g/mol. The number of hydrogen-bond acceptors (Lipinski definition) is 4. The summed E-state index contributed by atoms with van der Waals surface area (Å²) in [7, 11) is 0. The molecule has 1 atom stereocenters. The van der Waals surface area contributed by atoms with Crippen LogP contribution in [0.1, 0.15) is 16.7 Å². The molecule has 3 rings (SSSR count). The molecule has 0 aromatic carbocycles. The second-order valence-electron chi connectivity index (χ2n) is 4.63. The Hall–Kier alpha value is -1.37. The van der Waals surface area contributed by atoms with E-state index < -0.39 is 5.54 Å². The van der Waals surface area contributed by atoms with Crippen LogP contribution < -0.4 is 5.32 Å². The van der Waals surface area contributed by atoms with Gasteiger partial charge in [0, 0.05) is 9.75 Å². The van der Waals surface area contributed by atoms with E-state index in [0.29, 0.717) is 4.34 Å². The topological polar surface area (TPSA) is 49.4 Å². The Morgan fingerprint density at radius 3 is 2.75 bits per heavy atom. The summed E-state index contributed by atoms with van der Waals surface area (Å²) in [6.07, 6.45) is 0. The largest absolute Gasteiger partial charge is 0.325 e. The SMILES string of the molecule is C[C@@]1(c2cccs2)NC(=O)N(Cc2ccc(Cl)s2)C1=O. The predicted octanol–water partition coefficient (Wildman–Crippen LogP) is 3.43. The van der Waals surface area contributed by atoms with Gasteiger partial charge in [-0.15, -0.1) is 22.7 Å². The average Bonchev–Trinajstić information content (AvgIpc) is 3.09. The summed E-state index contributed by atoms with van der Waals surface area (Å²) in [6.45, 7) is 1.99. The summed E-state index contributed by atoms with van der Waals surface area (Å²) in [5.41, 5.74) is -0.966. The molecule has 1 aliphatic heterocycles. The van der Waals surface area contributed by atoms with Crippen molar-refractivity contribution in [2.24, 2.45) is 0 Å². The lowest BCUT2D eigenvalue weighted by atomic mass is 10.0. The number of nitrogens with zero attached hydrogens (tertiary/aromatic N) is 1. The van der Waals surface area contributed by atoms with Crippen molar-refractivity contribution in [3.05, 3.63) is 43.7 Å². The minimum atomic E-state index is -0.966. The molecule has 104 valence electrons. The Kier molecular flexibility index (Phi) is 3.32. The zero-order valence-electron chi connectivity index (χ0n) is 10.6. The van der Waals surface area contributed by atoms with Crippen molar-refractivity contribution in [3.8, 4) is 0 Å². The fraction of sp³-hybridized carbons (Fsp3) is 0.231. The number of thiophene rings is 2. The first-order valence-corrected chi connectivity index (χ1v) is 8.00. The van der Waals surface area contributed by atoms with E-state index in [4.69, 9.17) is 11.6 Å². The summed E-state index contributed by atoms with van der Waals surface area (Å²) in [6, 6.07) is 6.95. The summed E-state index contributed by atoms with van der Waals surface area (Å²) >= 11 is 8.70. The summed E-state index contributed by atoms with van der Waals surface area (Å²) < 4.78 is 0.646. The number of imide groups is 1. The van der Waals surface area contributed by atoms with Crippen LogP contribution in [-0.4, -0.2) is 16.8 Å². The first-order chi connectivity index (χ1) is 9.50. The number of rotatable bonds is 3. The molecule has 0 aliphatic carbocycles. The Bertz CT molecular complexity index is 668. The quantitative estimate of drug-likeness (QED) is 0.878. The highest BCUT2D eigenvalue weighted by Crippen LogP contribution is 2.33. The number of urea groups is 1. The molecule has 0 bridgehead atoms. The standard InChI is InChI=1S/C13H11ClN2O2S2/c1-13(9-3-2-6-19-9)11(17)16(12(18)15-13)7-8-4-5-10(14)20-8/h2-6H,7H2,1H3,(H,15,18)/t13-/m0/s1. The van der Waals surface area contributed by atoms with E-state index in [1.165, 1.54) is 27.6 Å². The van der Waals surface area contributed by atoms with Crippen LogP contribution in [0, 0.1) is 0 Å². The third-order valence-electron chi connectivity index (χ3n) is 3.23. The first-order valence-electron chi connectivity index (χ1n) is 5.93. The van der Waals surface area contributed by atoms with Crippen molar-refractivity contribution in [2.45, 2.75) is 19.0 Å². The number of hydrogen-bond donors (Lipinski definition) is 1. The lowest BCUT2D eigenvalue weighted by Crippen LogP contribution is -2.40. The molecule has 1 saturated heterocycles. The monoisotopic (exact) mass is 326 g/mol. The van der Waals surface area contributed by atoms with Crippen LogP contribution >= 0.6 is 34.3 Å². The highest BCUT2D eigenvalue weighted by molar-refractivity contribution is 7.16. The Labute approximate surface area is 129 Å². The normalized spacial score (nSPS) is 22.4. The molecule has 1 fully saturated rings. The van der Waals surface area contributed by atoms with Gasteiger partial charge in [-0.05, 0) is 30.5 Å². The van der Waals surface area contributed by atoms with Crippen molar-refractivity contribution in [3.63, 3.8) is 0 Å². The fourth-order valence-electron chi connectivity index (χ4n) is 2.16. The molecule has 0 radical (unpaired) electrons. The molecule has 3 heterocycles. The smallest absolute Gasteiger partial charge is 0.319 e. The van der Waals surface area contributed by atoms with E-state index >= 15 is 0 Å². The van der Waals surface area contributed by atoms with Crippen LogP contribution in [0.2, 0.25) is 4.34 Å². The van der Waals surface area contributed by atoms with Gasteiger partial charge in [0.05, 0.1) is 10.9 Å². The van der Waals surface area contributed by atoms with Gasteiger partial charge >= 0.3 is 6.03 Å². The van der Waals surface area contributed by atoms with Gasteiger partial charge in [0.25, 0.3) is 5.91 Å². The van der Waals surface area contributed by atoms with Crippen molar-refractivity contribution < 1.29 is 9.59 Å². The molecule has 20 heavy (non-hydrogen) atoms. The highest BCUT2D eigenvalue weighted by atomic mass is 35.5. The number of nitrogens with one attached hydrogen (secondary N) is 1. The second kappa shape index (κ2) is 4.87. The van der Waals surface area contributed by atoms with Gasteiger partial charge in [0.15, 0.2) is 5.54 Å². The van der Waals surface area contributed by atoms with Crippen LogP contribution in [0.5, 0.6) is 0 Å². The summed E-state index contributed by atoms with van der Waals surface area (Å²) in [4.78, 5) is 27.6. The molecule has 0 unspecified atom stereocenters. The van der Waals surface area contributed by atoms with Crippen molar-refractivity contribution >= 4 is 46.2 Å². The zero-order chi connectivity index (χ0) is 14.3. The minimum absolute atomic E-state index is 0.227. The third-order valence-corrected chi connectivity index (χ3v) is 5.54. The van der Waals surface area contributed by atoms with E-state index in [1.54, 1.807) is 13.0 Å². The van der Waals surface area contributed by atoms with E-state index in [9.17, 15) is 9.59 Å². The number of halogens is 1. The molecule has 1 aliphatic rings. The number of carbonyl (C=O) groups is 2. The summed E-state index contributed by atoms with van der Waals surface area (Å²) in [5, 5.41) is 4.67. The number of amides is 3. The van der Waals surface area contributed by atoms with Gasteiger partial charge in [0.1, 0.15) is 0 Å². The Balaban J connectivity index is 1.87. The minimum Gasteiger partial charge on any atom is -0.319 e. The van der Waals surface area contributed by atoms with Gasteiger partial charge in [-0.2, -0.15) is 0 Å². The molecular weight excluding hydrogens is 316 g/mol. The first kappa shape index (κ1) is 13.6. The predicted molar refractivity (Wildman–Crippen MR) is 80.1 cm³/mol. The number of carbonyl (C=O) groups excluding carboxylic acids is 2. The lowest BCUT2D eigenvalue weighted by molar-refractivity contribution is -0.131. The zero-order valence-corrected chi connectivity index (χ0v) is 12.9. The van der Waals surface area contributed by atoms with Crippen molar-refractivity contribution in [2.75, 3.05) is 0 Å². The van der Waals surface area contributed by atoms with Crippen LogP contribution in [-0.2, 0) is 16.9 Å². The highest BCUT2D eigenvalue weighted by Gasteiger charge is 2.49. The van der Waals surface area contributed by atoms with Gasteiger partial charge in [-0.3, -0.25) is 9.69 Å². The molecular formula is C13H11ClN2O2S2. The van der Waals surface area contributed by atoms with E-state index in [0.717, 1.165) is 9.75 Å². The lowest BCUT2D eigenvalue weighted by Gasteiger charge is -2.19. The fourth-order valence-corrected chi connectivity index (χ4v) is 4.07. The van der Waals surface area contributed by atoms with Crippen LogP contribution in [0.15, 0.2) is 29.6 Å². The molecule has 3 amide bonds. The summed E-state index contributed by atoms with van der Waals surface area (Å²) in [5.74, 6) is -0.227. The van der Waals surface area contributed by atoms with Gasteiger partial charge < -0.3 is 5.32 Å². The molecule has 2 aromatic rings. The van der Waals surface area contributed by atoms with Gasteiger partial charge in [-0.25, -0.2) is 4.79 Å². The maximum Gasteiger partial charge on any atom is 0.325 e. The molecule has 2 aromatic heterocycles. The maximum atomic E-state index is 12.6. The second-order valence-corrected chi connectivity index (χ2v) is 7.38. The van der Waals surface area contributed by atoms with E-state index in [1.807, 2.05) is 23.6 Å². The molecule has 1 N–H and O–H groups in total. The molecule has 0 spiro atoms. The Morgan fingerprint density at radius 2 is 2.15 bits per heavy atom. The van der Waals surface area contributed by atoms with Crippen LogP contribution in [0.25, 0.3) is 0 Å². The van der Waals surface area contributed by atoms with Crippen molar-refractivity contribution in [1.82, 2.24) is 10.2 Å². The van der Waals surface area contributed by atoms with E-state index in [2.05, 4.69) is 5.32 Å². The maximum absolute atomic E-state index is 12.6. The van der Waals surface area contributed by atoms with Gasteiger partial charge in [-0.1, -0.05) is 17.7 Å². The third kappa shape index (κ3) is 2.13. The van der Waals surface area contributed by atoms with E-state index in [-0.39, 0.29) is 18.5 Å².